The molecule has 20 heavy (non-hydrogen) atoms. The number of hydrogen-bond acceptors (Lipinski definition) is 3. The maximum Gasteiger partial charge on any atom is 0.314 e. The van der Waals surface area contributed by atoms with Crippen LogP contribution in [0.4, 0.5) is 4.79 Å². The lowest BCUT2D eigenvalue weighted by Gasteiger charge is -2.22. The van der Waals surface area contributed by atoms with E-state index in [0.29, 0.717) is 13.2 Å². The molecule has 5 heteroatoms. The largest absolute Gasteiger partial charge is 0.491 e. The molecule has 1 rings (SSSR count). The zero-order valence-electron chi connectivity index (χ0n) is 12.4. The molecule has 0 aliphatic rings. The Hall–Kier alpha value is -1.75. The molecule has 0 atom stereocenters. The number of para-hydroxylation sites is 1. The molecule has 0 bridgehead atoms. The molecular formula is C15H24N2O3. The molecule has 1 aromatic rings. The van der Waals surface area contributed by atoms with Crippen LogP contribution in [0.3, 0.4) is 0 Å². The van der Waals surface area contributed by atoms with Crippen molar-refractivity contribution in [1.82, 2.24) is 10.6 Å². The fraction of sp³-hybridized carbons (Fsp3) is 0.533. The summed E-state index contributed by atoms with van der Waals surface area (Å²) >= 11 is 0. The molecule has 112 valence electrons. The average Bonchev–Trinajstić information content (AvgIpc) is 2.40. The monoisotopic (exact) mass is 280 g/mol. The van der Waals surface area contributed by atoms with Crippen LogP contribution in [0.5, 0.6) is 5.75 Å². The van der Waals surface area contributed by atoms with Crippen molar-refractivity contribution in [2.24, 2.45) is 0 Å². The summed E-state index contributed by atoms with van der Waals surface area (Å²) in [5.74, 6) is 0.845. The highest BCUT2D eigenvalue weighted by Gasteiger charge is 2.18. The predicted octanol–water partition coefficient (Wildman–Crippen LogP) is 1.65. The molecule has 0 radical (unpaired) electrons. The summed E-state index contributed by atoms with van der Waals surface area (Å²) < 4.78 is 5.73. The maximum absolute atomic E-state index is 11.3. The first kappa shape index (κ1) is 16.3. The van der Waals surface area contributed by atoms with Gasteiger partial charge in [-0.25, -0.2) is 4.79 Å². The lowest BCUT2D eigenvalue weighted by molar-refractivity contribution is 0.230. The Morgan fingerprint density at radius 2 is 1.85 bits per heavy atom. The number of carbonyl (C=O) groups is 1. The minimum absolute atomic E-state index is 0.0164. The van der Waals surface area contributed by atoms with Crippen LogP contribution < -0.4 is 15.4 Å². The van der Waals surface area contributed by atoms with E-state index in [9.17, 15) is 4.79 Å². The van der Waals surface area contributed by atoms with Crippen molar-refractivity contribution in [3.63, 3.8) is 0 Å². The van der Waals surface area contributed by atoms with Gasteiger partial charge < -0.3 is 20.5 Å². The summed E-state index contributed by atoms with van der Waals surface area (Å²) in [5.41, 5.74) is 1.16. The predicted molar refractivity (Wildman–Crippen MR) is 79.1 cm³/mol. The van der Waals surface area contributed by atoms with E-state index >= 15 is 0 Å². The van der Waals surface area contributed by atoms with Gasteiger partial charge in [0.1, 0.15) is 12.4 Å². The van der Waals surface area contributed by atoms with Gasteiger partial charge in [0.25, 0.3) is 0 Å². The van der Waals surface area contributed by atoms with Crippen molar-refractivity contribution in [1.29, 1.82) is 0 Å². The minimum atomic E-state index is -0.299. The topological polar surface area (TPSA) is 70.6 Å². The number of aliphatic hydroxyl groups is 1. The molecule has 0 heterocycles. The summed E-state index contributed by atoms with van der Waals surface area (Å²) in [4.78, 5) is 11.3. The Balaban J connectivity index is 2.41. The van der Waals surface area contributed by atoms with Crippen LogP contribution in [0, 0.1) is 0 Å². The van der Waals surface area contributed by atoms with Crippen LogP contribution in [-0.4, -0.2) is 37.4 Å². The normalized spacial score (nSPS) is 11.0. The highest BCUT2D eigenvalue weighted by atomic mass is 16.5. The van der Waals surface area contributed by atoms with Gasteiger partial charge in [-0.3, -0.25) is 0 Å². The quantitative estimate of drug-likeness (QED) is 0.694. The number of rotatable bonds is 6. The fourth-order valence-electron chi connectivity index (χ4n) is 1.77. The number of hydrogen-bond donors (Lipinski definition) is 3. The summed E-state index contributed by atoms with van der Waals surface area (Å²) in [6, 6.07) is 7.62. The van der Waals surface area contributed by atoms with E-state index in [1.54, 1.807) is 0 Å². The number of carbonyl (C=O) groups excluding carboxylic acids is 1. The van der Waals surface area contributed by atoms with Crippen LogP contribution in [0.2, 0.25) is 0 Å². The number of benzene rings is 1. The summed E-state index contributed by atoms with van der Waals surface area (Å²) in [6.07, 6.45) is 0. The lowest BCUT2D eigenvalue weighted by atomic mass is 9.86. The van der Waals surface area contributed by atoms with Gasteiger partial charge in [-0.1, -0.05) is 39.0 Å². The number of nitrogens with one attached hydrogen (secondary N) is 2. The average molecular weight is 280 g/mol. The van der Waals surface area contributed by atoms with E-state index in [4.69, 9.17) is 9.84 Å². The Labute approximate surface area is 120 Å². The molecule has 5 nitrogen and oxygen atoms in total. The Morgan fingerprint density at radius 1 is 1.20 bits per heavy atom. The van der Waals surface area contributed by atoms with E-state index in [1.165, 1.54) is 0 Å². The van der Waals surface area contributed by atoms with Gasteiger partial charge in [0.15, 0.2) is 0 Å². The van der Waals surface area contributed by atoms with Crippen LogP contribution in [-0.2, 0) is 5.41 Å². The van der Waals surface area contributed by atoms with E-state index in [-0.39, 0.29) is 24.6 Å². The first-order valence-corrected chi connectivity index (χ1v) is 6.80. The second-order valence-electron chi connectivity index (χ2n) is 5.50. The Kier molecular flexibility index (Phi) is 6.31. The van der Waals surface area contributed by atoms with Gasteiger partial charge in [0.2, 0.25) is 0 Å². The number of ether oxygens (including phenoxy) is 1. The van der Waals surface area contributed by atoms with Gasteiger partial charge in [-0.05, 0) is 17.0 Å². The van der Waals surface area contributed by atoms with Gasteiger partial charge in [-0.2, -0.15) is 0 Å². The van der Waals surface area contributed by atoms with Crippen LogP contribution in [0.25, 0.3) is 0 Å². The summed E-state index contributed by atoms with van der Waals surface area (Å²) in [6.45, 7) is 7.40. The molecule has 0 fully saturated rings. The molecule has 0 aliphatic heterocycles. The second-order valence-corrected chi connectivity index (χ2v) is 5.50. The second kappa shape index (κ2) is 7.75. The van der Waals surface area contributed by atoms with E-state index in [2.05, 4.69) is 37.5 Å². The molecule has 0 saturated heterocycles. The lowest BCUT2D eigenvalue weighted by Crippen LogP contribution is -2.39. The van der Waals surface area contributed by atoms with Gasteiger partial charge in [0.05, 0.1) is 13.2 Å². The third-order valence-corrected chi connectivity index (χ3v) is 2.74. The minimum Gasteiger partial charge on any atom is -0.491 e. The smallest absolute Gasteiger partial charge is 0.314 e. The Morgan fingerprint density at radius 3 is 2.50 bits per heavy atom. The number of amides is 2. The molecule has 0 aromatic heterocycles. The van der Waals surface area contributed by atoms with E-state index in [1.807, 2.05) is 18.2 Å². The van der Waals surface area contributed by atoms with Crippen molar-refractivity contribution in [3.05, 3.63) is 29.8 Å². The molecule has 0 aliphatic carbocycles. The molecule has 3 N–H and O–H groups in total. The Bertz CT molecular complexity index is 427. The molecule has 0 saturated carbocycles. The van der Waals surface area contributed by atoms with Crippen LogP contribution in [0.1, 0.15) is 26.3 Å². The number of urea groups is 1. The molecule has 0 spiro atoms. The molecule has 0 unspecified atom stereocenters. The first-order valence-electron chi connectivity index (χ1n) is 6.80. The maximum atomic E-state index is 11.3. The zero-order chi connectivity index (χ0) is 15.0. The van der Waals surface area contributed by atoms with Gasteiger partial charge in [-0.15, -0.1) is 0 Å². The van der Waals surface area contributed by atoms with Crippen molar-refractivity contribution >= 4 is 6.03 Å². The first-order chi connectivity index (χ1) is 9.45. The fourth-order valence-corrected chi connectivity index (χ4v) is 1.77. The van der Waals surface area contributed by atoms with Crippen LogP contribution >= 0.6 is 0 Å². The summed E-state index contributed by atoms with van der Waals surface area (Å²) in [7, 11) is 0. The van der Waals surface area contributed by atoms with Gasteiger partial charge in [0, 0.05) is 6.54 Å². The highest BCUT2D eigenvalue weighted by Crippen LogP contribution is 2.30. The van der Waals surface area contributed by atoms with E-state index in [0.717, 1.165) is 11.3 Å². The summed E-state index contributed by atoms with van der Waals surface area (Å²) in [5, 5.41) is 13.7. The van der Waals surface area contributed by atoms with Crippen LogP contribution in [0.15, 0.2) is 24.3 Å². The number of aliphatic hydroxyl groups excluding tert-OH is 1. The highest BCUT2D eigenvalue weighted by molar-refractivity contribution is 5.73. The molecule has 2 amide bonds. The SMILES string of the molecule is CC(C)(C)c1ccccc1OCCNC(=O)NCCO. The van der Waals surface area contributed by atoms with Crippen molar-refractivity contribution in [2.45, 2.75) is 26.2 Å². The molecule has 1 aromatic carbocycles. The molecular weight excluding hydrogens is 256 g/mol. The van der Waals surface area contributed by atoms with Crippen molar-refractivity contribution < 1.29 is 14.6 Å². The third-order valence-electron chi connectivity index (χ3n) is 2.74. The van der Waals surface area contributed by atoms with Crippen molar-refractivity contribution in [2.75, 3.05) is 26.3 Å². The van der Waals surface area contributed by atoms with E-state index < -0.39 is 0 Å². The zero-order valence-corrected chi connectivity index (χ0v) is 12.4. The third kappa shape index (κ3) is 5.48. The van der Waals surface area contributed by atoms with Crippen molar-refractivity contribution in [3.8, 4) is 5.75 Å². The van der Waals surface area contributed by atoms with Gasteiger partial charge >= 0.3 is 6.03 Å². The standard InChI is InChI=1S/C15H24N2O3/c1-15(2,3)12-6-4-5-7-13(12)20-11-9-17-14(19)16-8-10-18/h4-7,18H,8-11H2,1-3H3,(H2,16,17,19).